The first kappa shape index (κ1) is 21.9. The Hall–Kier alpha value is -2.82. The smallest absolute Gasteiger partial charge is 0.242 e. The molecule has 0 radical (unpaired) electrons. The minimum atomic E-state index is -0.430. The van der Waals surface area contributed by atoms with Crippen LogP contribution in [-0.2, 0) is 16.1 Å². The van der Waals surface area contributed by atoms with Crippen molar-refractivity contribution in [1.29, 1.82) is 0 Å². The SMILES string of the molecule is CC(C)(C)CC(=O)N(Cc1cccc(Oc2ccccc2)c1)C1CCCCNC1=O. The zero-order chi connectivity index (χ0) is 21.6. The third-order valence-electron chi connectivity index (χ3n) is 5.11. The molecule has 0 saturated carbocycles. The summed E-state index contributed by atoms with van der Waals surface area (Å²) in [6.45, 7) is 7.20. The van der Waals surface area contributed by atoms with Crippen LogP contribution in [0.3, 0.4) is 0 Å². The van der Waals surface area contributed by atoms with Crippen LogP contribution in [0.2, 0.25) is 0 Å². The van der Waals surface area contributed by atoms with E-state index in [-0.39, 0.29) is 17.2 Å². The molecule has 2 aromatic carbocycles. The number of para-hydroxylation sites is 1. The third kappa shape index (κ3) is 6.34. The molecule has 1 saturated heterocycles. The fourth-order valence-corrected chi connectivity index (χ4v) is 3.68. The highest BCUT2D eigenvalue weighted by Gasteiger charge is 2.32. The Morgan fingerprint density at radius 1 is 1.07 bits per heavy atom. The van der Waals surface area contributed by atoms with Crippen molar-refractivity contribution < 1.29 is 14.3 Å². The zero-order valence-corrected chi connectivity index (χ0v) is 18.2. The van der Waals surface area contributed by atoms with E-state index in [2.05, 4.69) is 5.32 Å². The van der Waals surface area contributed by atoms with Crippen molar-refractivity contribution in [1.82, 2.24) is 10.2 Å². The van der Waals surface area contributed by atoms with Crippen LogP contribution in [0.5, 0.6) is 11.5 Å². The molecule has 1 heterocycles. The average molecular weight is 409 g/mol. The molecule has 3 rings (SSSR count). The Balaban J connectivity index is 1.82. The fraction of sp³-hybridized carbons (Fsp3) is 0.440. The Kier molecular flexibility index (Phi) is 7.14. The summed E-state index contributed by atoms with van der Waals surface area (Å²) in [5.74, 6) is 1.44. The van der Waals surface area contributed by atoms with E-state index in [4.69, 9.17) is 4.74 Å². The van der Waals surface area contributed by atoms with Crippen LogP contribution >= 0.6 is 0 Å². The summed E-state index contributed by atoms with van der Waals surface area (Å²) in [7, 11) is 0. The number of carbonyl (C=O) groups excluding carboxylic acids is 2. The van der Waals surface area contributed by atoms with Gasteiger partial charge in [0.2, 0.25) is 11.8 Å². The summed E-state index contributed by atoms with van der Waals surface area (Å²) in [5, 5.41) is 2.97. The second-order valence-corrected chi connectivity index (χ2v) is 9.12. The van der Waals surface area contributed by atoms with E-state index in [1.165, 1.54) is 0 Å². The van der Waals surface area contributed by atoms with Crippen LogP contribution in [0.1, 0.15) is 52.0 Å². The van der Waals surface area contributed by atoms with Gasteiger partial charge in [0, 0.05) is 19.5 Å². The lowest BCUT2D eigenvalue weighted by molar-refractivity contribution is -0.142. The number of rotatable bonds is 6. The van der Waals surface area contributed by atoms with Crippen LogP contribution in [0.25, 0.3) is 0 Å². The van der Waals surface area contributed by atoms with Crippen LogP contribution in [0, 0.1) is 5.41 Å². The molecule has 1 atom stereocenters. The van der Waals surface area contributed by atoms with Crippen molar-refractivity contribution in [2.24, 2.45) is 5.41 Å². The molecule has 0 bridgehead atoms. The lowest BCUT2D eigenvalue weighted by Crippen LogP contribution is -2.49. The van der Waals surface area contributed by atoms with Gasteiger partial charge in [-0.05, 0) is 54.5 Å². The predicted octanol–water partition coefficient (Wildman–Crippen LogP) is 4.91. The van der Waals surface area contributed by atoms with Crippen molar-refractivity contribution in [2.45, 2.75) is 59.0 Å². The van der Waals surface area contributed by atoms with Crippen molar-refractivity contribution in [3.8, 4) is 11.5 Å². The normalized spacial score (nSPS) is 17.0. The topological polar surface area (TPSA) is 58.6 Å². The van der Waals surface area contributed by atoms with E-state index in [0.717, 1.165) is 24.2 Å². The first-order chi connectivity index (χ1) is 14.3. The van der Waals surface area contributed by atoms with Gasteiger partial charge in [0.25, 0.3) is 0 Å². The first-order valence-electron chi connectivity index (χ1n) is 10.7. The summed E-state index contributed by atoms with van der Waals surface area (Å²) in [5.41, 5.74) is 0.803. The van der Waals surface area contributed by atoms with Gasteiger partial charge in [-0.3, -0.25) is 9.59 Å². The summed E-state index contributed by atoms with van der Waals surface area (Å²) >= 11 is 0. The molecule has 0 aliphatic carbocycles. The second kappa shape index (κ2) is 9.79. The van der Waals surface area contributed by atoms with Gasteiger partial charge in [-0.25, -0.2) is 0 Å². The molecule has 0 aromatic heterocycles. The highest BCUT2D eigenvalue weighted by Crippen LogP contribution is 2.26. The molecule has 0 spiro atoms. The standard InChI is InChI=1S/C25H32N2O3/c1-25(2,3)17-23(28)27(22-14-7-8-15-26-24(22)29)18-19-10-9-13-21(16-19)30-20-11-5-4-6-12-20/h4-6,9-13,16,22H,7-8,14-15,17-18H2,1-3H3,(H,26,29). The number of nitrogens with zero attached hydrogens (tertiary/aromatic N) is 1. The monoisotopic (exact) mass is 408 g/mol. The van der Waals surface area contributed by atoms with E-state index in [1.54, 1.807) is 4.90 Å². The molecule has 1 unspecified atom stereocenters. The van der Waals surface area contributed by atoms with Crippen LogP contribution in [-0.4, -0.2) is 29.3 Å². The average Bonchev–Trinajstić information content (AvgIpc) is 2.90. The first-order valence-corrected chi connectivity index (χ1v) is 10.7. The maximum absolute atomic E-state index is 13.2. The molecular weight excluding hydrogens is 376 g/mol. The Bertz CT molecular complexity index is 858. The predicted molar refractivity (Wildman–Crippen MR) is 118 cm³/mol. The molecule has 2 amide bonds. The largest absolute Gasteiger partial charge is 0.457 e. The van der Waals surface area contributed by atoms with Crippen molar-refractivity contribution in [3.05, 3.63) is 60.2 Å². The molecule has 2 aromatic rings. The highest BCUT2D eigenvalue weighted by molar-refractivity contribution is 5.88. The zero-order valence-electron chi connectivity index (χ0n) is 18.2. The van der Waals surface area contributed by atoms with E-state index >= 15 is 0 Å². The van der Waals surface area contributed by atoms with Crippen molar-refractivity contribution in [3.63, 3.8) is 0 Å². The minimum Gasteiger partial charge on any atom is -0.457 e. The Morgan fingerprint density at radius 2 is 1.80 bits per heavy atom. The number of carbonyl (C=O) groups is 2. The molecule has 1 aliphatic heterocycles. The molecular formula is C25H32N2O3. The summed E-state index contributed by atoms with van der Waals surface area (Å²) < 4.78 is 5.95. The number of benzene rings is 2. The lowest BCUT2D eigenvalue weighted by atomic mass is 9.91. The molecule has 160 valence electrons. The number of amides is 2. The quantitative estimate of drug-likeness (QED) is 0.739. The summed E-state index contributed by atoms with van der Waals surface area (Å²) in [4.78, 5) is 27.7. The maximum Gasteiger partial charge on any atom is 0.242 e. The van der Waals surface area contributed by atoms with Crippen molar-refractivity contribution >= 4 is 11.8 Å². The summed E-state index contributed by atoms with van der Waals surface area (Å²) in [6, 6.07) is 16.9. The number of hydrogen-bond donors (Lipinski definition) is 1. The van der Waals surface area contributed by atoms with Crippen LogP contribution in [0.4, 0.5) is 0 Å². The van der Waals surface area contributed by atoms with Gasteiger partial charge in [0.1, 0.15) is 17.5 Å². The highest BCUT2D eigenvalue weighted by atomic mass is 16.5. The lowest BCUT2D eigenvalue weighted by Gasteiger charge is -2.32. The van der Waals surface area contributed by atoms with E-state index in [9.17, 15) is 9.59 Å². The fourth-order valence-electron chi connectivity index (χ4n) is 3.68. The van der Waals surface area contributed by atoms with Gasteiger partial charge < -0.3 is 15.0 Å². The molecule has 1 fully saturated rings. The van der Waals surface area contributed by atoms with Gasteiger partial charge in [-0.2, -0.15) is 0 Å². The van der Waals surface area contributed by atoms with Gasteiger partial charge in [0.05, 0.1) is 0 Å². The van der Waals surface area contributed by atoms with Gasteiger partial charge in [0.15, 0.2) is 0 Å². The maximum atomic E-state index is 13.2. The van der Waals surface area contributed by atoms with E-state index < -0.39 is 6.04 Å². The third-order valence-corrected chi connectivity index (χ3v) is 5.11. The van der Waals surface area contributed by atoms with Gasteiger partial charge in [-0.1, -0.05) is 51.1 Å². The Morgan fingerprint density at radius 3 is 2.53 bits per heavy atom. The number of hydrogen-bond acceptors (Lipinski definition) is 3. The van der Waals surface area contributed by atoms with Crippen molar-refractivity contribution in [2.75, 3.05) is 6.54 Å². The van der Waals surface area contributed by atoms with Crippen LogP contribution in [0.15, 0.2) is 54.6 Å². The molecule has 1 aliphatic rings. The minimum absolute atomic E-state index is 0.0129. The summed E-state index contributed by atoms with van der Waals surface area (Å²) in [6.07, 6.45) is 2.97. The van der Waals surface area contributed by atoms with Gasteiger partial charge in [-0.15, -0.1) is 0 Å². The molecule has 30 heavy (non-hydrogen) atoms. The second-order valence-electron chi connectivity index (χ2n) is 9.12. The van der Waals surface area contributed by atoms with Crippen LogP contribution < -0.4 is 10.1 Å². The number of ether oxygens (including phenoxy) is 1. The molecule has 5 nitrogen and oxygen atoms in total. The molecule has 5 heteroatoms. The van der Waals surface area contributed by atoms with E-state index in [1.807, 2.05) is 75.4 Å². The number of nitrogens with one attached hydrogen (secondary N) is 1. The Labute approximate surface area is 179 Å². The van der Waals surface area contributed by atoms with Gasteiger partial charge >= 0.3 is 0 Å². The molecule has 1 N–H and O–H groups in total. The van der Waals surface area contributed by atoms with E-state index in [0.29, 0.717) is 31.7 Å².